The van der Waals surface area contributed by atoms with Crippen molar-refractivity contribution >= 4 is 44.7 Å². The summed E-state index contributed by atoms with van der Waals surface area (Å²) in [5.74, 6) is -1.99. The molecule has 8 nitrogen and oxygen atoms in total. The largest absolute Gasteiger partial charge is 0.460 e. The van der Waals surface area contributed by atoms with E-state index < -0.39 is 23.9 Å². The molecule has 0 saturated carbocycles. The number of rotatable bonds is 8. The number of halogens is 1. The predicted molar refractivity (Wildman–Crippen MR) is 114 cm³/mol. The van der Waals surface area contributed by atoms with Crippen molar-refractivity contribution in [3.05, 3.63) is 58.2 Å². The van der Waals surface area contributed by atoms with Crippen LogP contribution < -0.4 is 5.32 Å². The number of carbonyl (C=O) groups excluding carboxylic acids is 3. The van der Waals surface area contributed by atoms with Crippen molar-refractivity contribution in [2.24, 2.45) is 5.92 Å². The summed E-state index contributed by atoms with van der Waals surface area (Å²) in [5.41, 5.74) is 0.854. The molecule has 0 fully saturated rings. The first-order valence-electron chi connectivity index (χ1n) is 9.70. The molecular formula is C22H22BrNO7. The summed E-state index contributed by atoms with van der Waals surface area (Å²) in [6, 6.07) is 7.41. The van der Waals surface area contributed by atoms with Gasteiger partial charge in [-0.3, -0.25) is 4.79 Å². The molecule has 0 radical (unpaired) electrons. The predicted octanol–water partition coefficient (Wildman–Crippen LogP) is 4.46. The van der Waals surface area contributed by atoms with Crippen molar-refractivity contribution < 1.29 is 32.7 Å². The number of hydrogen-bond acceptors (Lipinski definition) is 7. The number of benzene rings is 1. The third-order valence-corrected chi connectivity index (χ3v) is 5.02. The van der Waals surface area contributed by atoms with Gasteiger partial charge >= 0.3 is 11.9 Å². The van der Waals surface area contributed by atoms with E-state index >= 15 is 0 Å². The first kappa shape index (κ1) is 22.6. The van der Waals surface area contributed by atoms with E-state index in [9.17, 15) is 14.4 Å². The van der Waals surface area contributed by atoms with Crippen molar-refractivity contribution in [1.29, 1.82) is 0 Å². The lowest BCUT2D eigenvalue weighted by Gasteiger charge is -2.20. The fourth-order valence-electron chi connectivity index (χ4n) is 2.98. The highest BCUT2D eigenvalue weighted by molar-refractivity contribution is 9.10. The molecular weight excluding hydrogens is 470 g/mol. The Bertz CT molecular complexity index is 1080. The van der Waals surface area contributed by atoms with Crippen LogP contribution in [0.4, 0.5) is 0 Å². The molecule has 31 heavy (non-hydrogen) atoms. The number of nitrogens with one attached hydrogen (secondary N) is 1. The van der Waals surface area contributed by atoms with Crippen molar-refractivity contribution in [3.63, 3.8) is 0 Å². The van der Waals surface area contributed by atoms with E-state index in [-0.39, 0.29) is 30.7 Å². The molecule has 2 heterocycles. The summed E-state index contributed by atoms with van der Waals surface area (Å²) in [6.07, 6.45) is 1.37. The molecule has 1 aromatic carbocycles. The van der Waals surface area contributed by atoms with Crippen molar-refractivity contribution in [1.82, 2.24) is 5.32 Å². The highest BCUT2D eigenvalue weighted by Crippen LogP contribution is 2.30. The van der Waals surface area contributed by atoms with Crippen LogP contribution in [0.15, 0.2) is 49.9 Å². The van der Waals surface area contributed by atoms with E-state index in [1.54, 1.807) is 45.0 Å². The summed E-state index contributed by atoms with van der Waals surface area (Å²) < 4.78 is 22.0. The van der Waals surface area contributed by atoms with Crippen LogP contribution in [0.2, 0.25) is 0 Å². The van der Waals surface area contributed by atoms with E-state index in [0.717, 1.165) is 4.47 Å². The Hall–Kier alpha value is -3.07. The quantitative estimate of drug-likeness (QED) is 0.463. The molecule has 2 aromatic heterocycles. The zero-order valence-electron chi connectivity index (χ0n) is 17.3. The second-order valence-electron chi connectivity index (χ2n) is 7.05. The number of hydrogen-bond donors (Lipinski definition) is 1. The van der Waals surface area contributed by atoms with Gasteiger partial charge in [-0.05, 0) is 43.2 Å². The Morgan fingerprint density at radius 1 is 1.16 bits per heavy atom. The van der Waals surface area contributed by atoms with E-state index in [1.165, 1.54) is 12.3 Å². The maximum atomic E-state index is 12.8. The van der Waals surface area contributed by atoms with Gasteiger partial charge in [0.05, 0.1) is 18.4 Å². The third kappa shape index (κ3) is 5.16. The van der Waals surface area contributed by atoms with Gasteiger partial charge in [-0.2, -0.15) is 0 Å². The standard InChI is InChI=1S/C22H22BrNO7/c1-4-28-22(27)19-15(14-10-13(23)7-8-16(14)31-19)11-30-21(26)18(12(2)3)24-20(25)17-6-5-9-29-17/h5-10,12,18H,4,11H2,1-3H3,(H,24,25). The van der Waals surface area contributed by atoms with Crippen molar-refractivity contribution in [2.45, 2.75) is 33.4 Å². The van der Waals surface area contributed by atoms with E-state index in [2.05, 4.69) is 21.2 Å². The Kier molecular flexibility index (Phi) is 7.17. The molecule has 0 aliphatic carbocycles. The van der Waals surface area contributed by atoms with Gasteiger partial charge in [-0.15, -0.1) is 0 Å². The van der Waals surface area contributed by atoms with E-state index in [4.69, 9.17) is 18.3 Å². The summed E-state index contributed by atoms with van der Waals surface area (Å²) in [7, 11) is 0. The Balaban J connectivity index is 1.81. The molecule has 0 bridgehead atoms. The molecule has 0 spiro atoms. The number of carbonyl (C=O) groups is 3. The smallest absolute Gasteiger partial charge is 0.374 e. The Morgan fingerprint density at radius 3 is 2.58 bits per heavy atom. The highest BCUT2D eigenvalue weighted by Gasteiger charge is 2.29. The normalized spacial score (nSPS) is 12.0. The molecule has 9 heteroatoms. The maximum absolute atomic E-state index is 12.8. The minimum Gasteiger partial charge on any atom is -0.460 e. The monoisotopic (exact) mass is 491 g/mol. The van der Waals surface area contributed by atoms with Gasteiger partial charge in [0.15, 0.2) is 5.76 Å². The van der Waals surface area contributed by atoms with Crippen LogP contribution in [0.1, 0.15) is 47.4 Å². The minimum atomic E-state index is -0.909. The van der Waals surface area contributed by atoms with Crippen LogP contribution in [-0.4, -0.2) is 30.5 Å². The molecule has 0 aliphatic heterocycles. The number of furan rings is 2. The van der Waals surface area contributed by atoms with Gasteiger partial charge in [0.2, 0.25) is 5.76 Å². The van der Waals surface area contributed by atoms with Gasteiger partial charge in [-0.1, -0.05) is 29.8 Å². The summed E-state index contributed by atoms with van der Waals surface area (Å²) in [6.45, 7) is 5.20. The lowest BCUT2D eigenvalue weighted by molar-refractivity contribution is -0.148. The summed E-state index contributed by atoms with van der Waals surface area (Å²) in [4.78, 5) is 37.4. The van der Waals surface area contributed by atoms with Crippen LogP contribution >= 0.6 is 15.9 Å². The molecule has 0 aliphatic rings. The Labute approximate surface area is 187 Å². The average molecular weight is 492 g/mol. The molecule has 1 amide bonds. The number of esters is 2. The third-order valence-electron chi connectivity index (χ3n) is 4.52. The van der Waals surface area contributed by atoms with Gasteiger partial charge in [0, 0.05) is 9.86 Å². The summed E-state index contributed by atoms with van der Waals surface area (Å²) in [5, 5.41) is 3.24. The zero-order valence-corrected chi connectivity index (χ0v) is 18.9. The first-order chi connectivity index (χ1) is 14.8. The Morgan fingerprint density at radius 2 is 1.94 bits per heavy atom. The van der Waals surface area contributed by atoms with E-state index in [1.807, 2.05) is 0 Å². The van der Waals surface area contributed by atoms with E-state index in [0.29, 0.717) is 16.5 Å². The molecule has 3 rings (SSSR count). The van der Waals surface area contributed by atoms with Crippen LogP contribution in [0, 0.1) is 5.92 Å². The SMILES string of the molecule is CCOC(=O)c1oc2ccc(Br)cc2c1COC(=O)C(NC(=O)c1ccco1)C(C)C. The number of amides is 1. The van der Waals surface area contributed by atoms with Gasteiger partial charge in [0.25, 0.3) is 5.91 Å². The zero-order chi connectivity index (χ0) is 22.5. The lowest BCUT2D eigenvalue weighted by Crippen LogP contribution is -2.45. The summed E-state index contributed by atoms with van der Waals surface area (Å²) >= 11 is 3.39. The molecule has 1 atom stereocenters. The van der Waals surface area contributed by atoms with Crippen molar-refractivity contribution in [3.8, 4) is 0 Å². The maximum Gasteiger partial charge on any atom is 0.374 e. The fraction of sp³-hybridized carbons (Fsp3) is 0.318. The second kappa shape index (κ2) is 9.82. The number of fused-ring (bicyclic) bond motifs is 1. The van der Waals surface area contributed by atoms with Gasteiger partial charge < -0.3 is 23.6 Å². The fourth-order valence-corrected chi connectivity index (χ4v) is 3.34. The molecule has 3 aromatic rings. The topological polar surface area (TPSA) is 108 Å². The van der Waals surface area contributed by atoms with Crippen LogP contribution in [0.5, 0.6) is 0 Å². The number of ether oxygens (including phenoxy) is 2. The minimum absolute atomic E-state index is 0.0246. The highest BCUT2D eigenvalue weighted by atomic mass is 79.9. The lowest BCUT2D eigenvalue weighted by atomic mass is 10.0. The van der Waals surface area contributed by atoms with Gasteiger partial charge in [-0.25, -0.2) is 9.59 Å². The first-order valence-corrected chi connectivity index (χ1v) is 10.5. The second-order valence-corrected chi connectivity index (χ2v) is 7.97. The van der Waals surface area contributed by atoms with Crippen molar-refractivity contribution in [2.75, 3.05) is 6.61 Å². The van der Waals surface area contributed by atoms with Crippen LogP contribution in [-0.2, 0) is 20.9 Å². The van der Waals surface area contributed by atoms with Gasteiger partial charge in [0.1, 0.15) is 18.2 Å². The molecule has 1 unspecified atom stereocenters. The van der Waals surface area contributed by atoms with Crippen LogP contribution in [0.25, 0.3) is 11.0 Å². The molecule has 1 N–H and O–H groups in total. The molecule has 164 valence electrons. The average Bonchev–Trinajstić information content (AvgIpc) is 3.38. The molecule has 0 saturated heterocycles. The van der Waals surface area contributed by atoms with Crippen LogP contribution in [0.3, 0.4) is 0 Å².